The van der Waals surface area contributed by atoms with Gasteiger partial charge in [-0.15, -0.1) is 10.2 Å². The standard InChI is InChI=1S/C25H29F3N6S/c1-17-14-18(8-10-29-17)23-30-31-24(32(23)2)35-13-3-11-33-15-19-9-12-34(22(19)16-33)21-6-4-20(5-7-21)25(26,27)28/h4-8,10,14,19,22,29H,1,3,9,11-13,15-16H2,2H3/t19-,22+/m1/s1. The van der Waals surface area contributed by atoms with E-state index in [1.165, 1.54) is 12.1 Å². The van der Waals surface area contributed by atoms with Crippen LogP contribution in [-0.4, -0.2) is 57.6 Å². The van der Waals surface area contributed by atoms with Gasteiger partial charge in [-0.1, -0.05) is 18.3 Å². The number of halogens is 3. The minimum Gasteiger partial charge on any atom is -0.367 e. The Morgan fingerprint density at radius 2 is 1.97 bits per heavy atom. The highest BCUT2D eigenvalue weighted by molar-refractivity contribution is 7.99. The summed E-state index contributed by atoms with van der Waals surface area (Å²) in [6, 6.07) is 6.00. The molecule has 2 atom stereocenters. The van der Waals surface area contributed by atoms with Crippen molar-refractivity contribution in [3.63, 3.8) is 0 Å². The van der Waals surface area contributed by atoms with Crippen LogP contribution in [0.5, 0.6) is 0 Å². The van der Waals surface area contributed by atoms with Crippen molar-refractivity contribution in [2.45, 2.75) is 30.2 Å². The molecule has 2 aromatic rings. The number of benzene rings is 1. The largest absolute Gasteiger partial charge is 0.416 e. The first-order valence-electron chi connectivity index (χ1n) is 11.8. The zero-order valence-corrected chi connectivity index (χ0v) is 20.4. The molecule has 3 aliphatic heterocycles. The van der Waals surface area contributed by atoms with E-state index in [0.29, 0.717) is 12.0 Å². The van der Waals surface area contributed by atoms with Crippen LogP contribution in [0.2, 0.25) is 0 Å². The SMILES string of the molecule is C=C1C=C(c2nnc(SCCCN3C[C@H]4CCN(c5ccc(C(F)(F)F)cc5)[C@H]4C3)n2C)C=CN1. The molecule has 0 saturated carbocycles. The smallest absolute Gasteiger partial charge is 0.367 e. The van der Waals surface area contributed by atoms with E-state index in [4.69, 9.17) is 0 Å². The number of rotatable bonds is 7. The number of nitrogens with one attached hydrogen (secondary N) is 1. The van der Waals surface area contributed by atoms with Crippen LogP contribution in [0.3, 0.4) is 0 Å². The molecule has 1 aromatic carbocycles. The van der Waals surface area contributed by atoms with Crippen LogP contribution in [0, 0.1) is 5.92 Å². The Morgan fingerprint density at radius 3 is 2.71 bits per heavy atom. The predicted molar refractivity (Wildman–Crippen MR) is 133 cm³/mol. The Balaban J connectivity index is 1.11. The fourth-order valence-electron chi connectivity index (χ4n) is 5.19. The van der Waals surface area contributed by atoms with Gasteiger partial charge in [-0.2, -0.15) is 13.2 Å². The molecule has 1 aromatic heterocycles. The molecule has 0 amide bonds. The average Bonchev–Trinajstić information content (AvgIpc) is 3.51. The highest BCUT2D eigenvalue weighted by Crippen LogP contribution is 2.37. The molecule has 2 saturated heterocycles. The molecule has 186 valence electrons. The molecular weight excluding hydrogens is 473 g/mol. The maximum atomic E-state index is 12.9. The summed E-state index contributed by atoms with van der Waals surface area (Å²) in [6.45, 7) is 7.86. The summed E-state index contributed by atoms with van der Waals surface area (Å²) in [7, 11) is 1.98. The first-order valence-corrected chi connectivity index (χ1v) is 12.8. The number of alkyl halides is 3. The number of nitrogens with zero attached hydrogens (tertiary/aromatic N) is 5. The van der Waals surface area contributed by atoms with Gasteiger partial charge >= 0.3 is 6.18 Å². The normalized spacial score (nSPS) is 22.5. The second-order valence-corrected chi connectivity index (χ2v) is 10.3. The molecule has 0 unspecified atom stereocenters. The van der Waals surface area contributed by atoms with Gasteiger partial charge in [-0.25, -0.2) is 0 Å². The van der Waals surface area contributed by atoms with Gasteiger partial charge in [-0.3, -0.25) is 0 Å². The van der Waals surface area contributed by atoms with E-state index in [9.17, 15) is 13.2 Å². The predicted octanol–water partition coefficient (Wildman–Crippen LogP) is 4.54. The van der Waals surface area contributed by atoms with E-state index < -0.39 is 11.7 Å². The van der Waals surface area contributed by atoms with Gasteiger partial charge in [0.25, 0.3) is 0 Å². The van der Waals surface area contributed by atoms with Crippen molar-refractivity contribution in [1.29, 1.82) is 0 Å². The molecule has 5 rings (SSSR count). The first-order chi connectivity index (χ1) is 16.8. The van der Waals surface area contributed by atoms with E-state index in [-0.39, 0.29) is 0 Å². The van der Waals surface area contributed by atoms with Crippen molar-refractivity contribution in [2.75, 3.05) is 36.8 Å². The minimum absolute atomic E-state index is 0.377. The Labute approximate surface area is 207 Å². The second kappa shape index (κ2) is 9.73. The van der Waals surface area contributed by atoms with E-state index in [0.717, 1.165) is 72.7 Å². The Bertz CT molecular complexity index is 1140. The average molecular weight is 503 g/mol. The summed E-state index contributed by atoms with van der Waals surface area (Å²) in [5, 5.41) is 12.6. The van der Waals surface area contributed by atoms with E-state index >= 15 is 0 Å². The van der Waals surface area contributed by atoms with Crippen LogP contribution >= 0.6 is 11.8 Å². The third kappa shape index (κ3) is 5.13. The lowest BCUT2D eigenvalue weighted by molar-refractivity contribution is -0.137. The molecular formula is C25H29F3N6S. The van der Waals surface area contributed by atoms with Gasteiger partial charge < -0.3 is 19.7 Å². The topological polar surface area (TPSA) is 49.2 Å². The molecule has 35 heavy (non-hydrogen) atoms. The van der Waals surface area contributed by atoms with Gasteiger partial charge in [0.05, 0.1) is 5.56 Å². The molecule has 0 bridgehead atoms. The molecule has 0 radical (unpaired) electrons. The highest BCUT2D eigenvalue weighted by Gasteiger charge is 2.41. The monoisotopic (exact) mass is 502 g/mol. The molecule has 0 spiro atoms. The number of anilines is 1. The fraction of sp³-hybridized carbons (Fsp3) is 0.440. The highest BCUT2D eigenvalue weighted by atomic mass is 32.2. The number of fused-ring (bicyclic) bond motifs is 1. The summed E-state index contributed by atoms with van der Waals surface area (Å²) in [5.74, 6) is 2.35. The van der Waals surface area contributed by atoms with Crippen LogP contribution in [0.1, 0.15) is 24.2 Å². The minimum atomic E-state index is -4.29. The lowest BCUT2D eigenvalue weighted by Crippen LogP contribution is -2.35. The number of dihydropyridines is 1. The Kier molecular flexibility index (Phi) is 6.67. The van der Waals surface area contributed by atoms with Gasteiger partial charge in [0.15, 0.2) is 11.0 Å². The quantitative estimate of drug-likeness (QED) is 0.443. The van der Waals surface area contributed by atoms with Gasteiger partial charge in [-0.05, 0) is 61.7 Å². The lowest BCUT2D eigenvalue weighted by Gasteiger charge is -2.27. The van der Waals surface area contributed by atoms with Crippen LogP contribution in [0.4, 0.5) is 18.9 Å². The second-order valence-electron chi connectivity index (χ2n) is 9.28. The molecule has 4 heterocycles. The van der Waals surface area contributed by atoms with Crippen molar-refractivity contribution >= 4 is 23.0 Å². The molecule has 10 heteroatoms. The van der Waals surface area contributed by atoms with Crippen LogP contribution in [0.15, 0.2) is 60.0 Å². The van der Waals surface area contributed by atoms with Crippen LogP contribution < -0.4 is 10.2 Å². The summed E-state index contributed by atoms with van der Waals surface area (Å²) >= 11 is 1.71. The number of allylic oxidation sites excluding steroid dienone is 3. The third-order valence-electron chi connectivity index (χ3n) is 6.95. The summed E-state index contributed by atoms with van der Waals surface area (Å²) < 4.78 is 40.7. The molecule has 2 fully saturated rings. The van der Waals surface area contributed by atoms with E-state index in [1.54, 1.807) is 23.9 Å². The Morgan fingerprint density at radius 1 is 1.17 bits per heavy atom. The number of likely N-dealkylation sites (tertiary alicyclic amines) is 1. The third-order valence-corrected chi connectivity index (χ3v) is 8.06. The van der Waals surface area contributed by atoms with Crippen molar-refractivity contribution < 1.29 is 13.2 Å². The van der Waals surface area contributed by atoms with Crippen molar-refractivity contribution in [3.8, 4) is 0 Å². The van der Waals surface area contributed by atoms with Gasteiger partial charge in [0.1, 0.15) is 0 Å². The van der Waals surface area contributed by atoms with E-state index in [1.807, 2.05) is 30.0 Å². The summed E-state index contributed by atoms with van der Waals surface area (Å²) in [6.07, 6.45) is 3.60. The number of aromatic nitrogens is 3. The zero-order valence-electron chi connectivity index (χ0n) is 19.6. The number of thioether (sulfide) groups is 1. The van der Waals surface area contributed by atoms with E-state index in [2.05, 4.69) is 31.9 Å². The van der Waals surface area contributed by atoms with Crippen molar-refractivity contribution in [3.05, 3.63) is 66.3 Å². The molecule has 6 nitrogen and oxygen atoms in total. The zero-order chi connectivity index (χ0) is 24.6. The summed E-state index contributed by atoms with van der Waals surface area (Å²) in [4.78, 5) is 4.78. The van der Waals surface area contributed by atoms with Crippen molar-refractivity contribution in [2.24, 2.45) is 13.0 Å². The maximum absolute atomic E-state index is 12.9. The molecule has 1 N–H and O–H groups in total. The first kappa shape index (κ1) is 24.0. The van der Waals surface area contributed by atoms with Crippen molar-refractivity contribution in [1.82, 2.24) is 25.0 Å². The maximum Gasteiger partial charge on any atom is 0.416 e. The number of hydrogen-bond acceptors (Lipinski definition) is 6. The van der Waals surface area contributed by atoms with Crippen LogP contribution in [-0.2, 0) is 13.2 Å². The lowest BCUT2D eigenvalue weighted by atomic mass is 10.0. The fourth-order valence-corrected chi connectivity index (χ4v) is 6.03. The summed E-state index contributed by atoms with van der Waals surface area (Å²) in [5.41, 5.74) is 2.11. The molecule has 0 aliphatic carbocycles. The number of hydrogen-bond donors (Lipinski definition) is 1. The molecule has 3 aliphatic rings. The van der Waals surface area contributed by atoms with Crippen LogP contribution in [0.25, 0.3) is 5.57 Å². The Hall–Kier alpha value is -2.72. The van der Waals surface area contributed by atoms with Gasteiger partial charge in [0, 0.05) is 61.6 Å². The van der Waals surface area contributed by atoms with Gasteiger partial charge in [0.2, 0.25) is 0 Å².